The van der Waals surface area contributed by atoms with Crippen molar-refractivity contribution in [1.82, 2.24) is 0 Å². The van der Waals surface area contributed by atoms with Gasteiger partial charge in [-0.25, -0.2) is 4.39 Å². The van der Waals surface area contributed by atoms with E-state index in [2.05, 4.69) is 0 Å². The lowest BCUT2D eigenvalue weighted by atomic mass is 10.3. The summed E-state index contributed by atoms with van der Waals surface area (Å²) >= 11 is 0. The van der Waals surface area contributed by atoms with E-state index < -0.39 is 11.2 Å². The van der Waals surface area contributed by atoms with Gasteiger partial charge in [-0.1, -0.05) is 18.2 Å². The molecule has 0 unspecified atom stereocenters. The zero-order valence-electron chi connectivity index (χ0n) is 5.60. The van der Waals surface area contributed by atoms with Crippen molar-refractivity contribution in [2.45, 2.75) is 6.92 Å². The Kier molecular flexibility index (Phi) is 1.81. The average Bonchev–Trinajstić information content (AvgIpc) is 2.04. The molecule has 2 heteroatoms. The summed E-state index contributed by atoms with van der Waals surface area (Å²) in [5, 5.41) is 0. The van der Waals surface area contributed by atoms with Crippen LogP contribution in [0.25, 0.3) is 0 Å². The molecule has 0 aliphatic carbocycles. The van der Waals surface area contributed by atoms with Crippen LogP contribution >= 0.6 is 0 Å². The van der Waals surface area contributed by atoms with E-state index in [0.29, 0.717) is 5.56 Å². The van der Waals surface area contributed by atoms with Crippen molar-refractivity contribution in [3.8, 4) is 0 Å². The minimum absolute atomic E-state index is 0.433. The van der Waals surface area contributed by atoms with Crippen molar-refractivity contribution in [1.29, 1.82) is 0 Å². The van der Waals surface area contributed by atoms with Gasteiger partial charge in [-0.05, 0) is 18.6 Å². The highest BCUT2D eigenvalue weighted by Gasteiger charge is 1.94. The molecule has 1 rings (SSSR count). The van der Waals surface area contributed by atoms with Gasteiger partial charge in [0.05, 0.1) is 0 Å². The van der Waals surface area contributed by atoms with E-state index in [-0.39, 0.29) is 0 Å². The normalized spacial score (nSPS) is 9.40. The molecule has 0 aliphatic heterocycles. The third-order valence-electron chi connectivity index (χ3n) is 1.27. The Morgan fingerprint density at radius 1 is 1.30 bits per heavy atom. The topological polar surface area (TPSA) is 17.1 Å². The van der Waals surface area contributed by atoms with Crippen LogP contribution in [0.1, 0.15) is 5.56 Å². The van der Waals surface area contributed by atoms with E-state index in [9.17, 15) is 9.18 Å². The molecule has 1 nitrogen and oxygen atoms in total. The first kappa shape index (κ1) is 6.93. The summed E-state index contributed by atoms with van der Waals surface area (Å²) in [6, 6.07) is 5.89. The summed E-state index contributed by atoms with van der Waals surface area (Å²) in [4.78, 5) is 10.8. The Labute approximate surface area is 58.1 Å². The van der Waals surface area contributed by atoms with Crippen molar-refractivity contribution in [3.63, 3.8) is 0 Å². The molecule has 0 bridgehead atoms. The van der Waals surface area contributed by atoms with Crippen LogP contribution in [-0.2, 0) is 0 Å². The first-order chi connectivity index (χ1) is 4.72. The maximum atomic E-state index is 12.5. The molecule has 0 N–H and O–H groups in total. The zero-order valence-corrected chi connectivity index (χ0v) is 5.60. The summed E-state index contributed by atoms with van der Waals surface area (Å²) in [6.07, 6.45) is 0. The maximum absolute atomic E-state index is 12.5. The molecule has 0 spiro atoms. The van der Waals surface area contributed by atoms with Gasteiger partial charge in [0, 0.05) is 0 Å². The third kappa shape index (κ3) is 1.21. The van der Waals surface area contributed by atoms with Crippen LogP contribution in [0, 0.1) is 12.7 Å². The summed E-state index contributed by atoms with van der Waals surface area (Å²) in [6.45, 7) is 1.59. The Bertz CT molecular complexity index is 266. The van der Waals surface area contributed by atoms with E-state index in [0.717, 1.165) is 6.07 Å². The molecular formula is C8H7FO. The predicted molar refractivity (Wildman–Crippen MR) is 37.4 cm³/mol. The lowest BCUT2D eigenvalue weighted by molar-refractivity contribution is 0.618. The average molecular weight is 138 g/mol. The van der Waals surface area contributed by atoms with Gasteiger partial charge < -0.3 is 0 Å². The van der Waals surface area contributed by atoms with Crippen LogP contribution in [0.2, 0.25) is 0 Å². The number of aryl methyl sites for hydroxylation is 1. The molecule has 0 aliphatic rings. The number of hydrogen-bond acceptors (Lipinski definition) is 1. The molecule has 10 heavy (non-hydrogen) atoms. The lowest BCUT2D eigenvalue weighted by Crippen LogP contribution is -2.04. The van der Waals surface area contributed by atoms with E-state index in [4.69, 9.17) is 0 Å². The second-order valence-electron chi connectivity index (χ2n) is 2.08. The van der Waals surface area contributed by atoms with Gasteiger partial charge in [0.15, 0.2) is 5.82 Å². The highest BCUT2D eigenvalue weighted by atomic mass is 19.1. The van der Waals surface area contributed by atoms with Crippen molar-refractivity contribution < 1.29 is 4.39 Å². The fourth-order valence-electron chi connectivity index (χ4n) is 0.680. The monoisotopic (exact) mass is 138 g/mol. The fraction of sp³-hybridized carbons (Fsp3) is 0.125. The summed E-state index contributed by atoms with van der Waals surface area (Å²) < 4.78 is 12.5. The molecule has 0 atom stereocenters. The van der Waals surface area contributed by atoms with E-state index in [1.54, 1.807) is 19.1 Å². The van der Waals surface area contributed by atoms with Gasteiger partial charge in [-0.2, -0.15) is 0 Å². The van der Waals surface area contributed by atoms with Crippen LogP contribution in [-0.4, -0.2) is 0 Å². The highest BCUT2D eigenvalue weighted by molar-refractivity contribution is 5.13. The van der Waals surface area contributed by atoms with Gasteiger partial charge in [0.25, 0.3) is 0 Å². The molecular weight excluding hydrogens is 131 g/mol. The minimum Gasteiger partial charge on any atom is -0.286 e. The molecule has 1 aromatic rings. The van der Waals surface area contributed by atoms with Gasteiger partial charge in [-0.3, -0.25) is 4.79 Å². The SMILES string of the molecule is Cc1ccccc(F)c1=O. The maximum Gasteiger partial charge on any atom is 0.217 e. The van der Waals surface area contributed by atoms with Crippen LogP contribution in [0.3, 0.4) is 0 Å². The number of hydrogen-bond donors (Lipinski definition) is 0. The zero-order chi connectivity index (χ0) is 7.56. The first-order valence-corrected chi connectivity index (χ1v) is 2.97. The van der Waals surface area contributed by atoms with Crippen molar-refractivity contribution in [3.05, 3.63) is 45.9 Å². The molecule has 1 aromatic carbocycles. The van der Waals surface area contributed by atoms with Crippen molar-refractivity contribution >= 4 is 0 Å². The van der Waals surface area contributed by atoms with Crippen molar-refractivity contribution in [2.24, 2.45) is 0 Å². The summed E-state index contributed by atoms with van der Waals surface area (Å²) in [5.41, 5.74) is -0.0903. The largest absolute Gasteiger partial charge is 0.286 e. The molecule has 0 fully saturated rings. The molecule has 0 saturated heterocycles. The van der Waals surface area contributed by atoms with Gasteiger partial charge in [0.1, 0.15) is 0 Å². The molecule has 0 saturated carbocycles. The first-order valence-electron chi connectivity index (χ1n) is 2.97. The molecule has 0 amide bonds. The lowest BCUT2D eigenvalue weighted by Gasteiger charge is -1.78. The quantitative estimate of drug-likeness (QED) is 0.531. The Hall–Kier alpha value is -1.18. The molecule has 0 heterocycles. The predicted octanol–water partition coefficient (Wildman–Crippen LogP) is 1.49. The smallest absolute Gasteiger partial charge is 0.217 e. The molecule has 0 aromatic heterocycles. The summed E-state index contributed by atoms with van der Waals surface area (Å²) in [5.74, 6) is -0.692. The van der Waals surface area contributed by atoms with Gasteiger partial charge in [0.2, 0.25) is 5.43 Å². The van der Waals surface area contributed by atoms with E-state index in [1.807, 2.05) is 0 Å². The Balaban J connectivity index is 3.53. The number of halogens is 1. The van der Waals surface area contributed by atoms with E-state index >= 15 is 0 Å². The molecule has 0 radical (unpaired) electrons. The summed E-state index contributed by atoms with van der Waals surface area (Å²) in [7, 11) is 0. The second kappa shape index (κ2) is 2.60. The highest BCUT2D eigenvalue weighted by Crippen LogP contribution is 1.90. The van der Waals surface area contributed by atoms with Crippen LogP contribution < -0.4 is 5.43 Å². The minimum atomic E-state index is -0.692. The second-order valence-corrected chi connectivity index (χ2v) is 2.08. The Morgan fingerprint density at radius 3 is 2.60 bits per heavy atom. The van der Waals surface area contributed by atoms with Gasteiger partial charge in [-0.15, -0.1) is 0 Å². The number of rotatable bonds is 0. The van der Waals surface area contributed by atoms with Crippen LogP contribution in [0.4, 0.5) is 4.39 Å². The fourth-order valence-corrected chi connectivity index (χ4v) is 0.680. The standard InChI is InChI=1S/C8H7FO/c1-6-4-2-3-5-7(9)8(6)10/h2-5H,1H3. The van der Waals surface area contributed by atoms with Crippen molar-refractivity contribution in [2.75, 3.05) is 0 Å². The van der Waals surface area contributed by atoms with Crippen LogP contribution in [0.5, 0.6) is 0 Å². The van der Waals surface area contributed by atoms with Gasteiger partial charge >= 0.3 is 0 Å². The third-order valence-corrected chi connectivity index (χ3v) is 1.27. The van der Waals surface area contributed by atoms with Crippen LogP contribution in [0.15, 0.2) is 29.1 Å². The molecule has 52 valence electrons. The Morgan fingerprint density at radius 2 is 1.90 bits per heavy atom. The van der Waals surface area contributed by atoms with E-state index in [1.165, 1.54) is 6.07 Å².